The number of hydrogen-bond acceptors (Lipinski definition) is 6. The predicted molar refractivity (Wildman–Crippen MR) is 241 cm³/mol. The first kappa shape index (κ1) is 51.6. The van der Waals surface area contributed by atoms with Gasteiger partial charge in [0.15, 0.2) is 0 Å². The van der Waals surface area contributed by atoms with E-state index in [1.54, 1.807) is 12.4 Å². The summed E-state index contributed by atoms with van der Waals surface area (Å²) < 4.78 is 0. The minimum absolute atomic E-state index is 0. The molecule has 0 amide bonds. The van der Waals surface area contributed by atoms with Crippen molar-refractivity contribution in [3.05, 3.63) is 111 Å². The minimum Gasteiger partial charge on any atom is -0.872 e. The van der Waals surface area contributed by atoms with Gasteiger partial charge in [-0.3, -0.25) is 9.88 Å². The second-order valence-electron chi connectivity index (χ2n) is 22.8. The topological polar surface area (TPSA) is 88.5 Å². The molecule has 0 saturated heterocycles. The molecule has 0 N–H and O–H groups in total. The maximum Gasteiger partial charge on any atom is 3.00 e. The monoisotopic (exact) mass is 850 g/mol. The van der Waals surface area contributed by atoms with Crippen LogP contribution in [0.5, 0.6) is 17.2 Å². The maximum absolute atomic E-state index is 14.3. The van der Waals surface area contributed by atoms with Gasteiger partial charge in [0.2, 0.25) is 0 Å². The van der Waals surface area contributed by atoms with Crippen molar-refractivity contribution in [3.8, 4) is 17.2 Å². The average Bonchev–Trinajstić information content (AvgIpc) is 3.04. The summed E-state index contributed by atoms with van der Waals surface area (Å²) in [6, 6.07) is 16.3. The van der Waals surface area contributed by atoms with Crippen molar-refractivity contribution in [2.45, 2.75) is 177 Å². The summed E-state index contributed by atoms with van der Waals surface area (Å²) in [5, 5.41) is 42.8. The predicted octanol–water partition coefficient (Wildman–Crippen LogP) is 11.0. The van der Waals surface area contributed by atoms with E-state index in [9.17, 15) is 15.3 Å². The Morgan fingerprint density at radius 2 is 0.678 bits per heavy atom. The second-order valence-corrected chi connectivity index (χ2v) is 22.8. The van der Waals surface area contributed by atoms with Gasteiger partial charge in [0.25, 0.3) is 0 Å². The van der Waals surface area contributed by atoms with Crippen LogP contribution in [0.4, 0.5) is 5.69 Å². The van der Waals surface area contributed by atoms with Gasteiger partial charge in [-0.2, -0.15) is 0 Å². The molecule has 4 aromatic rings. The van der Waals surface area contributed by atoms with E-state index in [-0.39, 0.29) is 66.5 Å². The van der Waals surface area contributed by atoms with Crippen LogP contribution in [0.15, 0.2) is 60.9 Å². The van der Waals surface area contributed by atoms with Gasteiger partial charge in [-0.25, -0.2) is 0 Å². The van der Waals surface area contributed by atoms with Crippen LogP contribution in [0.3, 0.4) is 0 Å². The molecule has 1 heterocycles. The van der Waals surface area contributed by atoms with Crippen LogP contribution in [0, 0.1) is 0 Å². The van der Waals surface area contributed by atoms with Gasteiger partial charge in [0.05, 0.1) is 0 Å². The molecule has 0 fully saturated rings. The molecule has 0 aliphatic rings. The Hall–Kier alpha value is -3.52. The summed E-state index contributed by atoms with van der Waals surface area (Å²) >= 11 is 0. The molecule has 0 saturated carbocycles. The fourth-order valence-electron chi connectivity index (χ4n) is 6.92. The van der Waals surface area contributed by atoms with Crippen LogP contribution in [-0.2, 0) is 68.9 Å². The number of hydrogen-bond donors (Lipinski definition) is 0. The zero-order valence-electron chi connectivity index (χ0n) is 40.3. The minimum atomic E-state index is -0.340. The fraction of sp³-hybridized carbons (Fsp3) is 0.558. The van der Waals surface area contributed by atoms with Crippen molar-refractivity contribution in [2.24, 2.45) is 0 Å². The standard InChI is InChI=1S/C45H69NO3.C7H10N2.Co/c1-40(2,3)31-19-28(37(47)34(22-31)43(10,11)12)25-46(26-29-20-32(41(4,5)6)23-35(38(29)48)44(13,14)15)27-30-21-33(42(7,8)9)24-36(39(30)49)45(16,17)18;1-9(2)7-3-5-8-6-4-7;/h19-24,47-49H,25-27H2,1-18H3;3-6H,1-2H3;/q;;+3/p-3. The van der Waals surface area contributed by atoms with E-state index in [0.29, 0.717) is 36.3 Å². The van der Waals surface area contributed by atoms with Crippen molar-refractivity contribution in [3.63, 3.8) is 0 Å². The molecule has 0 bridgehead atoms. The smallest absolute Gasteiger partial charge is 0.872 e. The van der Waals surface area contributed by atoms with Crippen molar-refractivity contribution in [2.75, 3.05) is 19.0 Å². The van der Waals surface area contributed by atoms with E-state index in [1.165, 1.54) is 5.69 Å². The Kier molecular flexibility index (Phi) is 16.3. The van der Waals surface area contributed by atoms with E-state index in [2.05, 4.69) is 171 Å². The Bertz CT molecular complexity index is 1810. The maximum atomic E-state index is 14.3. The Labute approximate surface area is 370 Å². The first-order chi connectivity index (χ1) is 26.1. The number of aromatic nitrogens is 1. The molecule has 6 nitrogen and oxygen atoms in total. The fourth-order valence-corrected chi connectivity index (χ4v) is 6.92. The largest absolute Gasteiger partial charge is 3.00 e. The first-order valence-electron chi connectivity index (χ1n) is 21.0. The third-order valence-electron chi connectivity index (χ3n) is 10.9. The number of pyridine rings is 1. The number of benzene rings is 3. The zero-order chi connectivity index (χ0) is 44.6. The molecule has 4 rings (SSSR count). The van der Waals surface area contributed by atoms with Crippen LogP contribution >= 0.6 is 0 Å². The molecule has 0 aliphatic heterocycles. The quantitative estimate of drug-likeness (QED) is 0.184. The Morgan fingerprint density at radius 1 is 0.424 bits per heavy atom. The van der Waals surface area contributed by atoms with Gasteiger partial charge in [0.1, 0.15) is 0 Å². The van der Waals surface area contributed by atoms with Gasteiger partial charge < -0.3 is 20.2 Å². The van der Waals surface area contributed by atoms with Crippen LogP contribution in [0.1, 0.15) is 175 Å². The van der Waals surface area contributed by atoms with Gasteiger partial charge in [0, 0.05) is 51.8 Å². The Morgan fingerprint density at radius 3 is 0.864 bits per heavy atom. The molecule has 0 atom stereocenters. The molecule has 0 aliphatic carbocycles. The number of rotatable bonds is 7. The van der Waals surface area contributed by atoms with E-state index < -0.39 is 0 Å². The van der Waals surface area contributed by atoms with E-state index in [4.69, 9.17) is 0 Å². The molecule has 3 aromatic carbocycles. The van der Waals surface area contributed by atoms with E-state index in [0.717, 1.165) is 33.4 Å². The summed E-state index contributed by atoms with van der Waals surface area (Å²) in [7, 11) is 4.02. The van der Waals surface area contributed by atoms with Gasteiger partial charge in [-0.1, -0.05) is 161 Å². The van der Waals surface area contributed by atoms with Crippen molar-refractivity contribution in [1.82, 2.24) is 9.88 Å². The average molecular weight is 850 g/mol. The molecule has 59 heavy (non-hydrogen) atoms. The molecule has 0 radical (unpaired) electrons. The summed E-state index contributed by atoms with van der Waals surface area (Å²) in [6.45, 7) is 39.3. The molecule has 0 spiro atoms. The number of anilines is 1. The summed E-state index contributed by atoms with van der Waals surface area (Å²) in [4.78, 5) is 8.10. The van der Waals surface area contributed by atoms with Crippen LogP contribution in [0.25, 0.3) is 0 Å². The van der Waals surface area contributed by atoms with Gasteiger partial charge in [-0.15, -0.1) is 17.2 Å². The van der Waals surface area contributed by atoms with Crippen LogP contribution < -0.4 is 20.2 Å². The summed E-state index contributed by atoms with van der Waals surface area (Å²) in [5.74, 6) is 0.105. The molecule has 7 heteroatoms. The normalized spacial score (nSPS) is 12.8. The first-order valence-corrected chi connectivity index (χ1v) is 21.0. The number of nitrogens with zero attached hydrogens (tertiary/aromatic N) is 3. The molecule has 0 unspecified atom stereocenters. The summed E-state index contributed by atoms with van der Waals surface area (Å²) in [5.41, 5.74) is 7.46. The molecular formula is C52H76CoN3O3. The van der Waals surface area contributed by atoms with Gasteiger partial charge in [-0.05, 0) is 94.7 Å². The third-order valence-corrected chi connectivity index (χ3v) is 10.9. The van der Waals surface area contributed by atoms with Crippen molar-refractivity contribution < 1.29 is 32.1 Å². The summed E-state index contributed by atoms with van der Waals surface area (Å²) in [6.07, 6.45) is 3.57. The molecular weight excluding hydrogens is 774 g/mol. The van der Waals surface area contributed by atoms with E-state index >= 15 is 0 Å². The molecule has 1 aromatic heterocycles. The SMILES string of the molecule is CC(C)(C)c1cc(CN(Cc2cc(C(C)(C)C)cc(C(C)(C)C)c2[O-])Cc2cc(C(C)(C)C)cc(C(C)(C)C)c2[O-])c([O-])c(C(C)(C)C)c1.CN(C)c1ccncc1.[Co+3]. The van der Waals surface area contributed by atoms with Gasteiger partial charge >= 0.3 is 16.8 Å². The van der Waals surface area contributed by atoms with Crippen molar-refractivity contribution >= 4 is 5.69 Å². The Balaban J connectivity index is 0.00000106. The van der Waals surface area contributed by atoms with Crippen molar-refractivity contribution in [1.29, 1.82) is 0 Å². The van der Waals surface area contributed by atoms with E-state index in [1.807, 2.05) is 31.1 Å². The third kappa shape index (κ3) is 13.7. The van der Waals surface area contributed by atoms with Crippen LogP contribution in [0.2, 0.25) is 0 Å². The second kappa shape index (κ2) is 18.6. The zero-order valence-corrected chi connectivity index (χ0v) is 41.3. The van der Waals surface area contributed by atoms with Crippen LogP contribution in [-0.4, -0.2) is 24.0 Å². The molecule has 326 valence electrons.